The molecule has 0 fully saturated rings. The first kappa shape index (κ1) is 28.2. The largest absolute Gasteiger partial charge is 0.497 e. The molecule has 2 heteroatoms. The van der Waals surface area contributed by atoms with Crippen molar-refractivity contribution in [1.82, 2.24) is 0 Å². The number of ether oxygens (including phenoxy) is 2. The Bertz CT molecular complexity index is 2320. The summed E-state index contributed by atoms with van der Waals surface area (Å²) >= 11 is 0. The van der Waals surface area contributed by atoms with Crippen LogP contribution in [0, 0.1) is 6.92 Å². The third kappa shape index (κ3) is 3.67. The van der Waals surface area contributed by atoms with E-state index >= 15 is 0 Å². The molecule has 3 aliphatic rings. The first-order chi connectivity index (χ1) is 22.6. The van der Waals surface area contributed by atoms with Crippen LogP contribution in [0.4, 0.5) is 0 Å². The standard InChI is InChI=1S/C45H38O2/c1-27-15-21-35-38(25-27)44(4,5)41-36-23-24-45(28-16-19-30(46-6)20-17-28,47-42(36)34-13-8-7-12-33(34)40(35)41)29-18-22-32-31-11-9-10-14-37(31)43(2,3)39(32)26-29/h7-26H,1-6H3. The van der Waals surface area contributed by atoms with Crippen LogP contribution in [0.5, 0.6) is 11.5 Å². The number of rotatable bonds is 3. The minimum absolute atomic E-state index is 0.124. The van der Waals surface area contributed by atoms with Gasteiger partial charge in [-0.2, -0.15) is 0 Å². The van der Waals surface area contributed by atoms with Gasteiger partial charge in [0, 0.05) is 32.9 Å². The Morgan fingerprint density at radius 3 is 2.04 bits per heavy atom. The highest BCUT2D eigenvalue weighted by Crippen LogP contribution is 2.59. The second kappa shape index (κ2) is 9.48. The van der Waals surface area contributed by atoms with Crippen molar-refractivity contribution in [2.75, 3.05) is 7.11 Å². The molecule has 1 heterocycles. The van der Waals surface area contributed by atoms with Crippen LogP contribution < -0.4 is 9.47 Å². The van der Waals surface area contributed by atoms with Crippen molar-refractivity contribution in [2.45, 2.75) is 51.0 Å². The summed E-state index contributed by atoms with van der Waals surface area (Å²) in [6.45, 7) is 11.6. The lowest BCUT2D eigenvalue weighted by Crippen LogP contribution is -2.35. The molecule has 0 saturated heterocycles. The molecule has 6 aromatic rings. The van der Waals surface area contributed by atoms with Gasteiger partial charge in [0.15, 0.2) is 5.60 Å². The number of hydrogen-bond donors (Lipinski definition) is 0. The molecule has 0 N–H and O–H groups in total. The highest BCUT2D eigenvalue weighted by Gasteiger charge is 2.45. The van der Waals surface area contributed by atoms with E-state index in [0.717, 1.165) is 28.0 Å². The average Bonchev–Trinajstić information content (AvgIpc) is 3.47. The van der Waals surface area contributed by atoms with E-state index in [9.17, 15) is 0 Å². The Hall–Kier alpha value is -5.08. The predicted molar refractivity (Wildman–Crippen MR) is 194 cm³/mol. The molecule has 0 spiro atoms. The van der Waals surface area contributed by atoms with Gasteiger partial charge in [-0.25, -0.2) is 0 Å². The first-order valence-corrected chi connectivity index (χ1v) is 16.6. The van der Waals surface area contributed by atoms with Crippen molar-refractivity contribution in [3.63, 3.8) is 0 Å². The van der Waals surface area contributed by atoms with Gasteiger partial charge in [0.05, 0.1) is 7.11 Å². The molecule has 6 aromatic carbocycles. The van der Waals surface area contributed by atoms with E-state index in [2.05, 4.69) is 144 Å². The fourth-order valence-electron chi connectivity index (χ4n) is 8.80. The summed E-state index contributed by atoms with van der Waals surface area (Å²) in [5, 5.41) is 2.38. The van der Waals surface area contributed by atoms with E-state index in [-0.39, 0.29) is 10.8 Å². The minimum Gasteiger partial charge on any atom is -0.497 e. The molecular formula is C45H38O2. The van der Waals surface area contributed by atoms with Gasteiger partial charge in [-0.1, -0.05) is 130 Å². The summed E-state index contributed by atoms with van der Waals surface area (Å²) in [6.07, 6.45) is 4.65. The maximum atomic E-state index is 7.60. The second-order valence-electron chi connectivity index (χ2n) is 14.5. The normalized spacial score (nSPS) is 18.9. The van der Waals surface area contributed by atoms with Crippen LogP contribution in [-0.4, -0.2) is 7.11 Å². The number of benzene rings is 6. The van der Waals surface area contributed by atoms with Gasteiger partial charge in [-0.15, -0.1) is 0 Å². The van der Waals surface area contributed by atoms with Crippen LogP contribution >= 0.6 is 0 Å². The molecule has 0 aromatic heterocycles. The highest BCUT2D eigenvalue weighted by atomic mass is 16.5. The number of aryl methyl sites for hydroxylation is 1. The number of methoxy groups -OCH3 is 1. The van der Waals surface area contributed by atoms with Crippen LogP contribution in [0.15, 0.2) is 115 Å². The molecule has 230 valence electrons. The lowest BCUT2D eigenvalue weighted by Gasteiger charge is -2.39. The zero-order chi connectivity index (χ0) is 32.3. The Balaban J connectivity index is 1.32. The summed E-state index contributed by atoms with van der Waals surface area (Å²) in [5.41, 5.74) is 14.2. The lowest BCUT2D eigenvalue weighted by molar-refractivity contribution is 0.163. The SMILES string of the molecule is COc1ccc(C2(c3ccc4c(c3)C(C)(C)c3ccccc3-4)C=Cc3c4c(c5ccccc5c3O2)-c2ccc(C)cc2C4(C)C)cc1. The average molecular weight is 611 g/mol. The zero-order valence-corrected chi connectivity index (χ0v) is 27.9. The smallest absolute Gasteiger partial charge is 0.178 e. The number of fused-ring (bicyclic) bond motifs is 11. The van der Waals surface area contributed by atoms with Crippen molar-refractivity contribution in [1.29, 1.82) is 0 Å². The Labute approximate surface area is 277 Å². The molecule has 0 amide bonds. The third-order valence-electron chi connectivity index (χ3n) is 11.2. The summed E-state index contributed by atoms with van der Waals surface area (Å²) in [7, 11) is 1.71. The van der Waals surface area contributed by atoms with Gasteiger partial charge in [0.1, 0.15) is 11.5 Å². The minimum atomic E-state index is -0.845. The molecule has 0 saturated carbocycles. The van der Waals surface area contributed by atoms with Crippen molar-refractivity contribution < 1.29 is 9.47 Å². The van der Waals surface area contributed by atoms with Gasteiger partial charge in [0.25, 0.3) is 0 Å². The Kier molecular flexibility index (Phi) is 5.68. The van der Waals surface area contributed by atoms with E-state index in [0.29, 0.717) is 0 Å². The van der Waals surface area contributed by atoms with Gasteiger partial charge in [-0.05, 0) is 81.1 Å². The van der Waals surface area contributed by atoms with Gasteiger partial charge >= 0.3 is 0 Å². The van der Waals surface area contributed by atoms with Crippen molar-refractivity contribution >= 4 is 16.8 Å². The molecule has 2 aliphatic carbocycles. The van der Waals surface area contributed by atoms with Crippen LogP contribution in [0.3, 0.4) is 0 Å². The highest BCUT2D eigenvalue weighted by molar-refractivity contribution is 6.08. The Morgan fingerprint density at radius 2 is 1.26 bits per heavy atom. The van der Waals surface area contributed by atoms with Crippen LogP contribution in [-0.2, 0) is 16.4 Å². The van der Waals surface area contributed by atoms with E-state index in [1.165, 1.54) is 61.0 Å². The monoisotopic (exact) mass is 610 g/mol. The molecule has 0 radical (unpaired) electrons. The summed E-state index contributed by atoms with van der Waals surface area (Å²) < 4.78 is 13.2. The molecule has 2 nitrogen and oxygen atoms in total. The molecule has 9 rings (SSSR count). The first-order valence-electron chi connectivity index (χ1n) is 16.6. The van der Waals surface area contributed by atoms with Crippen LogP contribution in [0.2, 0.25) is 0 Å². The molecular weight excluding hydrogens is 572 g/mol. The fraction of sp³-hybridized carbons (Fsp3) is 0.200. The van der Waals surface area contributed by atoms with E-state index < -0.39 is 5.60 Å². The van der Waals surface area contributed by atoms with E-state index in [1.54, 1.807) is 7.11 Å². The lowest BCUT2D eigenvalue weighted by atomic mass is 9.75. The van der Waals surface area contributed by atoms with Crippen LogP contribution in [0.25, 0.3) is 39.1 Å². The quantitative estimate of drug-likeness (QED) is 0.198. The fourth-order valence-corrected chi connectivity index (χ4v) is 8.80. The summed E-state index contributed by atoms with van der Waals surface area (Å²) in [6, 6.07) is 39.9. The molecule has 1 atom stereocenters. The Morgan fingerprint density at radius 1 is 0.596 bits per heavy atom. The van der Waals surface area contributed by atoms with E-state index in [4.69, 9.17) is 9.47 Å². The molecule has 47 heavy (non-hydrogen) atoms. The second-order valence-corrected chi connectivity index (χ2v) is 14.5. The number of hydrogen-bond acceptors (Lipinski definition) is 2. The van der Waals surface area contributed by atoms with E-state index in [1.807, 2.05) is 12.1 Å². The van der Waals surface area contributed by atoms with Gasteiger partial charge < -0.3 is 9.47 Å². The van der Waals surface area contributed by atoms with Gasteiger partial charge in [0.2, 0.25) is 0 Å². The van der Waals surface area contributed by atoms with Gasteiger partial charge in [-0.3, -0.25) is 0 Å². The topological polar surface area (TPSA) is 18.5 Å². The van der Waals surface area contributed by atoms with Crippen LogP contribution in [0.1, 0.15) is 72.2 Å². The zero-order valence-electron chi connectivity index (χ0n) is 27.9. The summed E-state index contributed by atoms with van der Waals surface area (Å²) in [4.78, 5) is 0. The predicted octanol–water partition coefficient (Wildman–Crippen LogP) is 11.1. The molecule has 1 aliphatic heterocycles. The maximum absolute atomic E-state index is 7.60. The molecule has 1 unspecified atom stereocenters. The van der Waals surface area contributed by atoms with Crippen molar-refractivity contribution in [3.05, 3.63) is 160 Å². The maximum Gasteiger partial charge on any atom is 0.178 e. The summed E-state index contributed by atoms with van der Waals surface area (Å²) in [5.74, 6) is 1.77. The molecule has 0 bridgehead atoms. The third-order valence-corrected chi connectivity index (χ3v) is 11.2. The van der Waals surface area contributed by atoms with Crippen molar-refractivity contribution in [2.24, 2.45) is 0 Å². The van der Waals surface area contributed by atoms with Crippen molar-refractivity contribution in [3.8, 4) is 33.8 Å².